The molecule has 3 aliphatic carbocycles. The Morgan fingerprint density at radius 2 is 1.94 bits per heavy atom. The molecule has 4 N–H and O–H groups in total. The highest BCUT2D eigenvalue weighted by Gasteiger charge is 2.57. The first-order valence-electron chi connectivity index (χ1n) is 10.8. The molecule has 2 aromatic carbocycles. The Bertz CT molecular complexity index is 1110. The zero-order valence-corrected chi connectivity index (χ0v) is 18.3. The molecule has 2 bridgehead atoms. The summed E-state index contributed by atoms with van der Waals surface area (Å²) in [6.07, 6.45) is 2.25. The van der Waals surface area contributed by atoms with E-state index in [1.54, 1.807) is 6.07 Å². The van der Waals surface area contributed by atoms with Gasteiger partial charge in [0, 0.05) is 24.2 Å². The summed E-state index contributed by atoms with van der Waals surface area (Å²) in [6.45, 7) is 0.117. The minimum absolute atomic E-state index is 0.0119. The highest BCUT2D eigenvalue weighted by Crippen LogP contribution is 2.52. The van der Waals surface area contributed by atoms with Crippen LogP contribution in [0.4, 0.5) is 20.2 Å². The van der Waals surface area contributed by atoms with Crippen LogP contribution in [-0.4, -0.2) is 42.6 Å². The molecule has 1 aliphatic heterocycles. The zero-order chi connectivity index (χ0) is 23.2. The van der Waals surface area contributed by atoms with Crippen LogP contribution < -0.4 is 26.0 Å². The minimum Gasteiger partial charge on any atom is -0.484 e. The quantitative estimate of drug-likeness (QED) is 0.514. The summed E-state index contributed by atoms with van der Waals surface area (Å²) in [4.78, 5) is 25.2. The Morgan fingerprint density at radius 1 is 1.12 bits per heavy atom. The Hall–Kier alpha value is -3.07. The number of halogens is 3. The molecule has 2 amide bonds. The van der Waals surface area contributed by atoms with E-state index in [9.17, 15) is 18.4 Å². The van der Waals surface area contributed by atoms with Crippen LogP contribution in [0.5, 0.6) is 5.75 Å². The minimum atomic E-state index is -0.609. The van der Waals surface area contributed by atoms with Crippen LogP contribution in [0.3, 0.4) is 0 Å². The summed E-state index contributed by atoms with van der Waals surface area (Å²) < 4.78 is 32.2. The van der Waals surface area contributed by atoms with Crippen molar-refractivity contribution in [3.63, 3.8) is 0 Å². The van der Waals surface area contributed by atoms with E-state index in [0.717, 1.165) is 18.9 Å². The fourth-order valence-electron chi connectivity index (χ4n) is 5.01. The second-order valence-corrected chi connectivity index (χ2v) is 9.36. The second kappa shape index (κ2) is 8.37. The lowest BCUT2D eigenvalue weighted by molar-refractivity contribution is -0.125. The smallest absolute Gasteiger partial charge is 0.258 e. The average molecular weight is 477 g/mol. The molecular formula is C23H23ClF2N4O3. The van der Waals surface area contributed by atoms with Crippen molar-refractivity contribution in [2.45, 2.75) is 36.9 Å². The number of anilines is 2. The molecule has 4 aliphatic rings. The Balaban J connectivity index is 1.11. The van der Waals surface area contributed by atoms with Crippen molar-refractivity contribution in [1.29, 1.82) is 0 Å². The molecule has 3 fully saturated rings. The third-order valence-electron chi connectivity index (χ3n) is 6.61. The highest BCUT2D eigenvalue weighted by atomic mass is 35.5. The molecule has 0 spiro atoms. The number of rotatable bonds is 6. The van der Waals surface area contributed by atoms with Gasteiger partial charge in [-0.3, -0.25) is 9.59 Å². The van der Waals surface area contributed by atoms with Crippen molar-refractivity contribution in [3.8, 4) is 5.75 Å². The molecule has 2 atom stereocenters. The number of amides is 2. The van der Waals surface area contributed by atoms with Crippen LogP contribution in [0.2, 0.25) is 5.02 Å². The lowest BCUT2D eigenvalue weighted by Gasteiger charge is -2.40. The molecule has 33 heavy (non-hydrogen) atoms. The monoisotopic (exact) mass is 476 g/mol. The molecule has 7 nitrogen and oxygen atoms in total. The van der Waals surface area contributed by atoms with Gasteiger partial charge in [-0.1, -0.05) is 11.6 Å². The van der Waals surface area contributed by atoms with Gasteiger partial charge in [0.1, 0.15) is 23.4 Å². The summed E-state index contributed by atoms with van der Waals surface area (Å²) >= 11 is 5.64. The molecule has 1 heterocycles. The van der Waals surface area contributed by atoms with Gasteiger partial charge in [-0.05, 0) is 55.5 Å². The number of ether oxygens (including phenoxy) is 1. The largest absolute Gasteiger partial charge is 0.484 e. The molecule has 6 rings (SSSR count). The van der Waals surface area contributed by atoms with E-state index in [4.69, 9.17) is 16.3 Å². The molecular weight excluding hydrogens is 454 g/mol. The molecule has 3 saturated carbocycles. The van der Waals surface area contributed by atoms with E-state index in [-0.39, 0.29) is 46.6 Å². The third-order valence-corrected chi connectivity index (χ3v) is 6.91. The van der Waals surface area contributed by atoms with Gasteiger partial charge in [0.2, 0.25) is 5.91 Å². The van der Waals surface area contributed by atoms with E-state index in [2.05, 4.69) is 21.3 Å². The Morgan fingerprint density at radius 3 is 2.73 bits per heavy atom. The number of carbonyl (C=O) groups excluding carboxylic acids is 2. The number of hydrogen-bond donors (Lipinski definition) is 4. The summed E-state index contributed by atoms with van der Waals surface area (Å²) in [5.41, 5.74) is 0.988. The maximum atomic E-state index is 13.5. The van der Waals surface area contributed by atoms with Gasteiger partial charge in [-0.15, -0.1) is 0 Å². The fraction of sp³-hybridized carbons (Fsp3) is 0.391. The highest BCUT2D eigenvalue weighted by molar-refractivity contribution is 6.30. The van der Waals surface area contributed by atoms with Crippen molar-refractivity contribution < 1.29 is 23.1 Å². The standard InChI is InChI=1S/C23H23ClF2N4O3/c24-15-3-2-14(6-16(15)26)33-11-21(31)29-19-9-23(7-12(19)8-23)30-22(32)20-10-27-18-5-13(25)1-4-17(18)28-20/h1-6,12,19-20,27-28H,7-11H2,(H,29,31)(H,30,32)/t12?,19-,20?,23?/m0/s1. The van der Waals surface area contributed by atoms with E-state index in [1.807, 2.05) is 0 Å². The van der Waals surface area contributed by atoms with Gasteiger partial charge in [-0.25, -0.2) is 8.78 Å². The summed E-state index contributed by atoms with van der Waals surface area (Å²) in [5.74, 6) is -0.854. The molecule has 0 radical (unpaired) electrons. The Labute approximate surface area is 194 Å². The maximum absolute atomic E-state index is 13.5. The lowest BCUT2D eigenvalue weighted by atomic mass is 9.76. The van der Waals surface area contributed by atoms with Crippen LogP contribution in [0.25, 0.3) is 0 Å². The zero-order valence-electron chi connectivity index (χ0n) is 17.6. The molecule has 10 heteroatoms. The molecule has 174 valence electrons. The SMILES string of the molecule is O=C(COc1ccc(Cl)c(F)c1)N[C@H]1CC2(NC(=O)C3CNc4cc(F)ccc4N3)CC1C2. The van der Waals surface area contributed by atoms with Crippen LogP contribution in [0.15, 0.2) is 36.4 Å². The van der Waals surface area contributed by atoms with Gasteiger partial charge in [0.25, 0.3) is 5.91 Å². The van der Waals surface area contributed by atoms with Crippen molar-refractivity contribution in [1.82, 2.24) is 10.6 Å². The maximum Gasteiger partial charge on any atom is 0.258 e. The van der Waals surface area contributed by atoms with Gasteiger partial charge < -0.3 is 26.0 Å². The van der Waals surface area contributed by atoms with E-state index >= 15 is 0 Å². The van der Waals surface area contributed by atoms with E-state index in [1.165, 1.54) is 24.3 Å². The van der Waals surface area contributed by atoms with Crippen LogP contribution in [0.1, 0.15) is 19.3 Å². The predicted molar refractivity (Wildman–Crippen MR) is 119 cm³/mol. The van der Waals surface area contributed by atoms with Crippen LogP contribution >= 0.6 is 11.6 Å². The van der Waals surface area contributed by atoms with Crippen LogP contribution in [0, 0.1) is 17.6 Å². The van der Waals surface area contributed by atoms with Crippen molar-refractivity contribution in [3.05, 3.63) is 53.1 Å². The van der Waals surface area contributed by atoms with Gasteiger partial charge in [-0.2, -0.15) is 0 Å². The van der Waals surface area contributed by atoms with Gasteiger partial charge in [0.15, 0.2) is 6.61 Å². The number of nitrogens with one attached hydrogen (secondary N) is 4. The first-order chi connectivity index (χ1) is 15.8. The number of hydrogen-bond acceptors (Lipinski definition) is 5. The summed E-state index contributed by atoms with van der Waals surface area (Å²) in [7, 11) is 0. The fourth-order valence-corrected chi connectivity index (χ4v) is 5.13. The predicted octanol–water partition coefficient (Wildman–Crippen LogP) is 3.06. The van der Waals surface area contributed by atoms with E-state index < -0.39 is 11.9 Å². The Kier molecular flexibility index (Phi) is 5.52. The number of benzene rings is 2. The second-order valence-electron chi connectivity index (χ2n) is 8.95. The van der Waals surface area contributed by atoms with Crippen molar-refractivity contribution in [2.24, 2.45) is 5.92 Å². The van der Waals surface area contributed by atoms with Crippen molar-refractivity contribution in [2.75, 3.05) is 23.8 Å². The molecule has 0 saturated heterocycles. The summed E-state index contributed by atoms with van der Waals surface area (Å²) in [5, 5.41) is 12.3. The first-order valence-corrected chi connectivity index (χ1v) is 11.2. The van der Waals surface area contributed by atoms with Gasteiger partial charge in [0.05, 0.1) is 16.4 Å². The van der Waals surface area contributed by atoms with Gasteiger partial charge >= 0.3 is 0 Å². The third kappa shape index (κ3) is 4.42. The lowest BCUT2D eigenvalue weighted by Crippen LogP contribution is -2.57. The number of fused-ring (bicyclic) bond motifs is 2. The normalized spacial score (nSPS) is 26.8. The average Bonchev–Trinajstić information content (AvgIpc) is 3.27. The molecule has 0 aromatic heterocycles. The first kappa shape index (κ1) is 21.8. The van der Waals surface area contributed by atoms with Crippen molar-refractivity contribution >= 4 is 34.8 Å². The van der Waals surface area contributed by atoms with Crippen LogP contribution in [-0.2, 0) is 9.59 Å². The molecule has 2 aromatic rings. The molecule has 1 unspecified atom stereocenters. The number of carbonyl (C=O) groups is 2. The van der Waals surface area contributed by atoms with E-state index in [0.29, 0.717) is 30.3 Å². The summed E-state index contributed by atoms with van der Waals surface area (Å²) in [6, 6.07) is 7.83. The topological polar surface area (TPSA) is 91.5 Å².